The van der Waals surface area contributed by atoms with Crippen molar-refractivity contribution in [3.05, 3.63) is 113 Å². The number of nitrogens with zero attached hydrogens (tertiary/aromatic N) is 1. The third-order valence-corrected chi connectivity index (χ3v) is 9.04. The fourth-order valence-electron chi connectivity index (χ4n) is 3.10. The van der Waals surface area contributed by atoms with Gasteiger partial charge in [0.1, 0.15) is 0 Å². The molecule has 0 heterocycles. The van der Waals surface area contributed by atoms with Crippen molar-refractivity contribution in [2.45, 2.75) is 13.0 Å². The minimum atomic E-state index is -2.53. The minimum absolute atomic E-state index is 0.0171. The molecule has 0 spiro atoms. The van der Waals surface area contributed by atoms with Gasteiger partial charge >= 0.3 is 0 Å². The molecule has 30 heavy (non-hydrogen) atoms. The van der Waals surface area contributed by atoms with Crippen LogP contribution in [0.5, 0.6) is 0 Å². The Hall–Kier alpha value is -2.92. The van der Waals surface area contributed by atoms with E-state index in [9.17, 15) is 14.9 Å². The average Bonchev–Trinajstić information content (AvgIpc) is 2.78. The van der Waals surface area contributed by atoms with E-state index in [1.54, 1.807) is 12.1 Å². The largest absolute Gasteiger partial charge is 0.295 e. The number of hydrogen-bond acceptors (Lipinski definition) is 4. The lowest BCUT2D eigenvalue weighted by atomic mass is 9.98. The summed E-state index contributed by atoms with van der Waals surface area (Å²) in [7, 11) is 0. The van der Waals surface area contributed by atoms with Crippen molar-refractivity contribution in [2.75, 3.05) is 0 Å². The zero-order valence-corrected chi connectivity index (χ0v) is 18.1. The van der Waals surface area contributed by atoms with Crippen molar-refractivity contribution in [2.24, 2.45) is 0 Å². The lowest BCUT2D eigenvalue weighted by molar-refractivity contribution is -0.384. The molecule has 0 bridgehead atoms. The van der Waals surface area contributed by atoms with Gasteiger partial charge in [0, 0.05) is 28.3 Å². The molecule has 1 unspecified atom stereocenters. The molecule has 0 radical (unpaired) electrons. The predicted molar refractivity (Wildman–Crippen MR) is 125 cm³/mol. The first-order valence-electron chi connectivity index (χ1n) is 9.26. The number of hydrogen-bond donors (Lipinski definition) is 1. The van der Waals surface area contributed by atoms with E-state index in [-0.39, 0.29) is 11.5 Å². The van der Waals surface area contributed by atoms with Crippen molar-refractivity contribution in [3.63, 3.8) is 0 Å². The number of benzene rings is 3. The molecule has 152 valence electrons. The highest BCUT2D eigenvalue weighted by Crippen LogP contribution is 2.43. The highest BCUT2D eigenvalue weighted by atomic mass is 32.4. The predicted octanol–water partition coefficient (Wildman–Crippen LogP) is 4.42. The Morgan fingerprint density at radius 2 is 1.43 bits per heavy atom. The first kappa shape index (κ1) is 21.8. The normalized spacial score (nSPS) is 12.2. The Kier molecular flexibility index (Phi) is 6.73. The van der Waals surface area contributed by atoms with E-state index in [1.165, 1.54) is 19.1 Å². The maximum atomic E-state index is 12.2. The second kappa shape index (κ2) is 9.26. The summed E-state index contributed by atoms with van der Waals surface area (Å²) < 4.78 is 0. The molecule has 3 aromatic carbocycles. The molecule has 0 fully saturated rings. The second-order valence-electron chi connectivity index (χ2n) is 6.77. The number of carbonyl (C=O) groups is 1. The Bertz CT molecular complexity index is 1070. The Labute approximate surface area is 180 Å². The number of Topliss-reactive ketones (excluding diaryl/α,β-unsaturated/α-hetero) is 1. The van der Waals surface area contributed by atoms with Crippen LogP contribution in [0.1, 0.15) is 18.5 Å². The third kappa shape index (κ3) is 4.62. The van der Waals surface area contributed by atoms with Gasteiger partial charge in [0.25, 0.3) is 5.69 Å². The number of nitrogens with one attached hydrogen (secondary N) is 1. The van der Waals surface area contributed by atoms with Gasteiger partial charge in [-0.25, -0.2) is 0 Å². The number of rotatable bonds is 8. The van der Waals surface area contributed by atoms with Crippen molar-refractivity contribution in [1.82, 2.24) is 5.09 Å². The molecular formula is C23H21N2O3PS. The Balaban J connectivity index is 2.12. The molecule has 1 N–H and O–H groups in total. The van der Waals surface area contributed by atoms with Crippen LogP contribution in [0.2, 0.25) is 0 Å². The van der Waals surface area contributed by atoms with E-state index in [0.717, 1.165) is 10.6 Å². The molecule has 0 amide bonds. The number of ketones is 1. The topological polar surface area (TPSA) is 72.2 Å². The zero-order chi connectivity index (χ0) is 21.7. The minimum Gasteiger partial charge on any atom is -0.295 e. The summed E-state index contributed by atoms with van der Waals surface area (Å²) in [6.07, 6.45) is -2.53. The van der Waals surface area contributed by atoms with Gasteiger partial charge in [0.2, 0.25) is 0 Å². The maximum Gasteiger partial charge on any atom is 0.269 e. The van der Waals surface area contributed by atoms with Gasteiger partial charge in [-0.3, -0.25) is 20.0 Å². The van der Waals surface area contributed by atoms with E-state index >= 15 is 0 Å². The summed E-state index contributed by atoms with van der Waals surface area (Å²) in [6.45, 7) is 5.44. The summed E-state index contributed by atoms with van der Waals surface area (Å²) in [6, 6.07) is 25.0. The molecule has 0 aliphatic rings. The van der Waals surface area contributed by atoms with Crippen LogP contribution >= 0.6 is 6.19 Å². The van der Waals surface area contributed by atoms with Crippen LogP contribution in [0.25, 0.3) is 0 Å². The molecule has 0 saturated carbocycles. The van der Waals surface area contributed by atoms with Crippen LogP contribution in [0, 0.1) is 10.1 Å². The van der Waals surface area contributed by atoms with Crippen LogP contribution < -0.4 is 15.7 Å². The Morgan fingerprint density at radius 1 is 0.967 bits per heavy atom. The average molecular weight is 436 g/mol. The molecule has 5 nitrogen and oxygen atoms in total. The first-order chi connectivity index (χ1) is 14.3. The van der Waals surface area contributed by atoms with Crippen LogP contribution in [0.15, 0.2) is 97.1 Å². The first-order valence-corrected chi connectivity index (χ1v) is 12.1. The molecular weight excluding hydrogens is 415 g/mol. The molecule has 1 atom stereocenters. The fraction of sp³-hybridized carbons (Fsp3) is 0.0870. The highest BCUT2D eigenvalue weighted by Gasteiger charge is 2.29. The van der Waals surface area contributed by atoms with Crippen molar-refractivity contribution in [3.8, 4) is 0 Å². The number of nitro groups is 1. The van der Waals surface area contributed by atoms with Gasteiger partial charge in [0.15, 0.2) is 5.78 Å². The standard InChI is InChI=1S/C23H21N2O3PS/c1-17(18(2)26)23(19-13-15-20(16-14-19)25(27)28)24-29(30,21-9-5-3-6-10-21)22-11-7-4-8-12-22/h3-16,23H,1H2,2H3,(H,24,30). The lowest BCUT2D eigenvalue weighted by Gasteiger charge is -2.31. The molecule has 0 saturated heterocycles. The van der Waals surface area contributed by atoms with Crippen LogP contribution in [0.3, 0.4) is 0 Å². The van der Waals surface area contributed by atoms with E-state index in [4.69, 9.17) is 11.8 Å². The monoisotopic (exact) mass is 436 g/mol. The number of carbonyl (C=O) groups excluding carboxylic acids is 1. The summed E-state index contributed by atoms with van der Waals surface area (Å²) in [5, 5.41) is 16.5. The number of nitro benzene ring substituents is 1. The zero-order valence-electron chi connectivity index (χ0n) is 16.4. The van der Waals surface area contributed by atoms with Crippen LogP contribution in [-0.2, 0) is 16.6 Å². The lowest BCUT2D eigenvalue weighted by Crippen LogP contribution is -2.32. The van der Waals surface area contributed by atoms with Crippen LogP contribution in [-0.4, -0.2) is 10.7 Å². The maximum absolute atomic E-state index is 12.2. The van der Waals surface area contributed by atoms with Gasteiger partial charge in [-0.05, 0) is 12.5 Å². The van der Waals surface area contributed by atoms with E-state index in [1.807, 2.05) is 60.7 Å². The summed E-state index contributed by atoms with van der Waals surface area (Å²) in [5.41, 5.74) is 1.03. The van der Waals surface area contributed by atoms with Gasteiger partial charge in [-0.2, -0.15) is 0 Å². The molecule has 0 aliphatic carbocycles. The summed E-state index contributed by atoms with van der Waals surface area (Å²) in [4.78, 5) is 22.8. The molecule has 0 aromatic heterocycles. The highest BCUT2D eigenvalue weighted by molar-refractivity contribution is 8.20. The van der Waals surface area contributed by atoms with E-state index < -0.39 is 17.2 Å². The number of non-ortho nitro benzene ring substituents is 1. The molecule has 3 rings (SSSR count). The van der Waals surface area contributed by atoms with Gasteiger partial charge in [0.05, 0.1) is 17.2 Å². The van der Waals surface area contributed by atoms with Gasteiger partial charge in [-0.15, -0.1) is 0 Å². The smallest absolute Gasteiger partial charge is 0.269 e. The SMILES string of the molecule is C=C(C(C)=O)C(NP(=S)(c1ccccc1)c1ccccc1)c1ccc([N+](=O)[O-])cc1. The summed E-state index contributed by atoms with van der Waals surface area (Å²) in [5.74, 6) is -0.173. The van der Waals surface area contributed by atoms with Gasteiger partial charge in [-0.1, -0.05) is 91.2 Å². The van der Waals surface area contributed by atoms with Crippen molar-refractivity contribution < 1.29 is 9.72 Å². The van der Waals surface area contributed by atoms with Crippen molar-refractivity contribution >= 4 is 40.1 Å². The Morgan fingerprint density at radius 3 is 1.83 bits per heavy atom. The second-order valence-corrected chi connectivity index (χ2v) is 10.9. The molecule has 0 aliphatic heterocycles. The van der Waals surface area contributed by atoms with E-state index in [2.05, 4.69) is 11.7 Å². The van der Waals surface area contributed by atoms with Crippen LogP contribution in [0.4, 0.5) is 5.69 Å². The van der Waals surface area contributed by atoms with E-state index in [0.29, 0.717) is 11.1 Å². The van der Waals surface area contributed by atoms with Gasteiger partial charge < -0.3 is 0 Å². The fourth-order valence-corrected chi connectivity index (χ4v) is 6.60. The quantitative estimate of drug-likeness (QED) is 0.245. The van der Waals surface area contributed by atoms with Crippen molar-refractivity contribution in [1.29, 1.82) is 0 Å². The molecule has 7 heteroatoms. The summed E-state index contributed by atoms with van der Waals surface area (Å²) >= 11 is 6.22. The molecule has 3 aromatic rings. The third-order valence-electron chi connectivity index (χ3n) is 4.79.